The Hall–Kier alpha value is -0.120. The van der Waals surface area contributed by atoms with Crippen molar-refractivity contribution in [1.29, 1.82) is 0 Å². The fourth-order valence-corrected chi connectivity index (χ4v) is 3.28. The zero-order valence-corrected chi connectivity index (χ0v) is 13.4. The Morgan fingerprint density at radius 1 is 1.05 bits per heavy atom. The number of rotatable bonds is 9. The van der Waals surface area contributed by atoms with E-state index in [1.54, 1.807) is 0 Å². The summed E-state index contributed by atoms with van der Waals surface area (Å²) < 4.78 is 0. The summed E-state index contributed by atoms with van der Waals surface area (Å²) in [7, 11) is 0. The summed E-state index contributed by atoms with van der Waals surface area (Å²) >= 11 is 0. The first-order chi connectivity index (χ1) is 9.12. The van der Waals surface area contributed by atoms with Crippen LogP contribution in [0.5, 0.6) is 0 Å². The quantitative estimate of drug-likeness (QED) is 0.383. The minimum Gasteiger partial charge on any atom is -0.297 e. The van der Waals surface area contributed by atoms with Crippen LogP contribution in [0.3, 0.4) is 0 Å². The molecule has 0 aliphatic carbocycles. The third-order valence-corrected chi connectivity index (χ3v) is 4.82. The number of likely N-dealkylation sites (tertiary alicyclic amines) is 1. The van der Waals surface area contributed by atoms with E-state index in [9.17, 15) is 0 Å². The van der Waals surface area contributed by atoms with Crippen LogP contribution in [-0.4, -0.2) is 29.6 Å². The summed E-state index contributed by atoms with van der Waals surface area (Å²) in [5.74, 6) is 5.83. The highest BCUT2D eigenvalue weighted by Crippen LogP contribution is 2.26. The van der Waals surface area contributed by atoms with Crippen LogP contribution >= 0.6 is 0 Å². The van der Waals surface area contributed by atoms with Gasteiger partial charge in [0, 0.05) is 11.6 Å². The van der Waals surface area contributed by atoms with Crippen molar-refractivity contribution >= 4 is 0 Å². The smallest absolute Gasteiger partial charge is 0.0389 e. The minimum absolute atomic E-state index is 0.180. The molecule has 3 heteroatoms. The number of nitrogens with zero attached hydrogens (tertiary/aromatic N) is 1. The second kappa shape index (κ2) is 8.93. The van der Waals surface area contributed by atoms with Gasteiger partial charge < -0.3 is 0 Å². The van der Waals surface area contributed by atoms with Crippen molar-refractivity contribution < 1.29 is 0 Å². The Bertz CT molecular complexity index is 222. The van der Waals surface area contributed by atoms with Gasteiger partial charge in [0.25, 0.3) is 0 Å². The van der Waals surface area contributed by atoms with Gasteiger partial charge in [-0.25, -0.2) is 0 Å². The molecule has 3 N–H and O–H groups in total. The Balaban J connectivity index is 2.37. The van der Waals surface area contributed by atoms with Crippen LogP contribution in [-0.2, 0) is 0 Å². The maximum atomic E-state index is 5.83. The van der Waals surface area contributed by atoms with E-state index >= 15 is 0 Å². The van der Waals surface area contributed by atoms with Crippen molar-refractivity contribution in [2.24, 2.45) is 5.84 Å². The molecule has 0 spiro atoms. The lowest BCUT2D eigenvalue weighted by atomic mass is 9.87. The fourth-order valence-electron chi connectivity index (χ4n) is 3.28. The first-order valence-electron chi connectivity index (χ1n) is 8.34. The molecule has 1 aliphatic rings. The maximum absolute atomic E-state index is 5.83. The van der Waals surface area contributed by atoms with E-state index in [0.717, 1.165) is 0 Å². The summed E-state index contributed by atoms with van der Waals surface area (Å²) in [6.07, 6.45) is 12.0. The normalized spacial score (nSPS) is 19.6. The maximum Gasteiger partial charge on any atom is 0.0389 e. The van der Waals surface area contributed by atoms with Crippen LogP contribution in [0.25, 0.3) is 0 Å². The highest BCUT2D eigenvalue weighted by molar-refractivity contribution is 4.93. The molecule has 1 rings (SSSR count). The van der Waals surface area contributed by atoms with Crippen LogP contribution in [0.2, 0.25) is 0 Å². The second-order valence-electron chi connectivity index (χ2n) is 6.62. The summed E-state index contributed by atoms with van der Waals surface area (Å²) in [6, 6.07) is 0.409. The van der Waals surface area contributed by atoms with Gasteiger partial charge in [0.1, 0.15) is 0 Å². The van der Waals surface area contributed by atoms with Gasteiger partial charge in [0.05, 0.1) is 0 Å². The molecule has 1 heterocycles. The summed E-state index contributed by atoms with van der Waals surface area (Å²) in [5.41, 5.74) is 3.27. The average molecular weight is 269 g/mol. The van der Waals surface area contributed by atoms with Gasteiger partial charge in [0.15, 0.2) is 0 Å². The number of unbranched alkanes of at least 4 members (excludes halogenated alkanes) is 4. The molecule has 1 atom stereocenters. The Morgan fingerprint density at radius 3 is 2.26 bits per heavy atom. The van der Waals surface area contributed by atoms with Crippen molar-refractivity contribution in [3.05, 3.63) is 0 Å². The van der Waals surface area contributed by atoms with E-state index in [1.807, 2.05) is 0 Å². The van der Waals surface area contributed by atoms with Crippen LogP contribution in [0.1, 0.15) is 78.6 Å². The molecule has 1 unspecified atom stereocenters. The lowest BCUT2D eigenvalue weighted by molar-refractivity contribution is 0.0573. The third kappa shape index (κ3) is 5.41. The fraction of sp³-hybridized carbons (Fsp3) is 1.00. The monoisotopic (exact) mass is 269 g/mol. The van der Waals surface area contributed by atoms with Crippen LogP contribution in [0.4, 0.5) is 0 Å². The lowest BCUT2D eigenvalue weighted by Crippen LogP contribution is -2.60. The molecular weight excluding hydrogens is 234 g/mol. The Morgan fingerprint density at radius 2 is 1.68 bits per heavy atom. The second-order valence-corrected chi connectivity index (χ2v) is 6.62. The van der Waals surface area contributed by atoms with Crippen molar-refractivity contribution in [1.82, 2.24) is 10.3 Å². The van der Waals surface area contributed by atoms with E-state index in [4.69, 9.17) is 5.84 Å². The SMILES string of the molecule is CCCCCCCC(NN)C(C)(C)N1CCCCC1. The molecule has 0 radical (unpaired) electrons. The van der Waals surface area contributed by atoms with Gasteiger partial charge in [-0.1, -0.05) is 45.4 Å². The van der Waals surface area contributed by atoms with E-state index in [1.165, 1.54) is 70.9 Å². The van der Waals surface area contributed by atoms with Crippen molar-refractivity contribution in [2.45, 2.75) is 90.1 Å². The molecule has 1 fully saturated rings. The largest absolute Gasteiger partial charge is 0.297 e. The van der Waals surface area contributed by atoms with Crippen LogP contribution in [0, 0.1) is 0 Å². The zero-order valence-electron chi connectivity index (χ0n) is 13.4. The summed E-state index contributed by atoms with van der Waals surface area (Å²) in [5, 5.41) is 0. The topological polar surface area (TPSA) is 41.3 Å². The predicted molar refractivity (Wildman–Crippen MR) is 84.0 cm³/mol. The molecule has 0 bridgehead atoms. The zero-order chi connectivity index (χ0) is 14.1. The molecule has 1 saturated heterocycles. The van der Waals surface area contributed by atoms with Crippen molar-refractivity contribution in [3.8, 4) is 0 Å². The molecule has 114 valence electrons. The number of nitrogens with two attached hydrogens (primary N) is 1. The van der Waals surface area contributed by atoms with E-state index in [-0.39, 0.29) is 5.54 Å². The molecule has 0 saturated carbocycles. The van der Waals surface area contributed by atoms with E-state index < -0.39 is 0 Å². The van der Waals surface area contributed by atoms with Crippen LogP contribution < -0.4 is 11.3 Å². The molecule has 0 amide bonds. The highest BCUT2D eigenvalue weighted by atomic mass is 15.3. The van der Waals surface area contributed by atoms with E-state index in [2.05, 4.69) is 31.1 Å². The first-order valence-corrected chi connectivity index (χ1v) is 8.34. The van der Waals surface area contributed by atoms with Crippen molar-refractivity contribution in [3.63, 3.8) is 0 Å². The van der Waals surface area contributed by atoms with Gasteiger partial charge in [-0.15, -0.1) is 0 Å². The third-order valence-electron chi connectivity index (χ3n) is 4.82. The van der Waals surface area contributed by atoms with Gasteiger partial charge >= 0.3 is 0 Å². The number of hydrogen-bond donors (Lipinski definition) is 2. The molecular formula is C16H35N3. The van der Waals surface area contributed by atoms with Crippen LogP contribution in [0.15, 0.2) is 0 Å². The summed E-state index contributed by atoms with van der Waals surface area (Å²) in [6.45, 7) is 9.45. The van der Waals surface area contributed by atoms with Crippen molar-refractivity contribution in [2.75, 3.05) is 13.1 Å². The first kappa shape index (κ1) is 16.9. The summed E-state index contributed by atoms with van der Waals surface area (Å²) in [4.78, 5) is 2.63. The number of hydrogen-bond acceptors (Lipinski definition) is 3. The lowest BCUT2D eigenvalue weighted by Gasteiger charge is -2.46. The molecule has 1 aliphatic heterocycles. The minimum atomic E-state index is 0.180. The van der Waals surface area contributed by atoms with Gasteiger partial charge in [-0.3, -0.25) is 16.2 Å². The predicted octanol–water partition coefficient (Wildman–Crippen LogP) is 3.44. The molecule has 0 aromatic rings. The van der Waals surface area contributed by atoms with Gasteiger partial charge in [-0.2, -0.15) is 0 Å². The number of nitrogens with one attached hydrogen (secondary N) is 1. The highest BCUT2D eigenvalue weighted by Gasteiger charge is 2.34. The Labute approximate surface area is 120 Å². The number of hydrazine groups is 1. The van der Waals surface area contributed by atoms with Gasteiger partial charge in [-0.05, 0) is 46.2 Å². The number of piperidine rings is 1. The Kier molecular flexibility index (Phi) is 7.96. The molecule has 0 aromatic heterocycles. The standard InChI is InChI=1S/C16H35N3/c1-4-5-6-7-9-12-15(18-17)16(2,3)19-13-10-8-11-14-19/h15,18H,4-14,17H2,1-3H3. The molecule has 0 aromatic carbocycles. The van der Waals surface area contributed by atoms with E-state index in [0.29, 0.717) is 6.04 Å². The van der Waals surface area contributed by atoms with Gasteiger partial charge in [0.2, 0.25) is 0 Å². The molecule has 19 heavy (non-hydrogen) atoms. The average Bonchev–Trinajstić information content (AvgIpc) is 2.43. The molecule has 3 nitrogen and oxygen atoms in total.